The predicted octanol–water partition coefficient (Wildman–Crippen LogP) is 5.10. The van der Waals surface area contributed by atoms with Gasteiger partial charge in [-0.25, -0.2) is 9.18 Å². The monoisotopic (exact) mass is 477 g/mol. The highest BCUT2D eigenvalue weighted by Crippen LogP contribution is 2.56. The van der Waals surface area contributed by atoms with Gasteiger partial charge >= 0.3 is 5.97 Å². The van der Waals surface area contributed by atoms with Gasteiger partial charge in [0.05, 0.1) is 23.1 Å². The molecule has 1 N–H and O–H groups in total. The number of nitrogens with zero attached hydrogens (tertiary/aromatic N) is 2. The van der Waals surface area contributed by atoms with Crippen LogP contribution < -0.4 is 5.32 Å². The summed E-state index contributed by atoms with van der Waals surface area (Å²) in [5, 5.41) is 9.31. The van der Waals surface area contributed by atoms with Gasteiger partial charge in [-0.3, -0.25) is 9.80 Å². The third kappa shape index (κ3) is 3.18. The van der Waals surface area contributed by atoms with Crippen molar-refractivity contribution in [1.29, 1.82) is 0 Å². The van der Waals surface area contributed by atoms with E-state index in [1.165, 1.54) is 12.1 Å². The molecule has 0 bridgehead atoms. The molecule has 2 unspecified atom stereocenters. The molecule has 2 atom stereocenters. The van der Waals surface area contributed by atoms with Gasteiger partial charge in [-0.05, 0) is 45.9 Å². The average Bonchev–Trinajstić information content (AvgIpc) is 3.20. The van der Waals surface area contributed by atoms with Crippen molar-refractivity contribution in [3.05, 3.63) is 63.4 Å². The number of carbonyl (C=O) groups excluding carboxylic acids is 2. The zero-order chi connectivity index (χ0) is 23.4. The van der Waals surface area contributed by atoms with E-state index in [2.05, 4.69) is 10.4 Å². The standard InChI is InChI=1S/C23H22Cl2FN3O3/c1-5-32-20(30)19-17(13-7-6-8-15(25)18(13)26)23(29(28-19)22(2,3)4)14-10-9-12(24)11-16(14)27-21(23)31/h6-11,17H,5H2,1-4H3,(H,27,31). The lowest BCUT2D eigenvalue weighted by Crippen LogP contribution is -2.56. The normalized spacial score (nSPS) is 22.1. The fraction of sp³-hybridized carbons (Fsp3) is 0.348. The van der Waals surface area contributed by atoms with Gasteiger partial charge in [0.25, 0.3) is 5.91 Å². The first-order valence-electron chi connectivity index (χ1n) is 10.1. The summed E-state index contributed by atoms with van der Waals surface area (Å²) in [7, 11) is 0. The van der Waals surface area contributed by atoms with Crippen molar-refractivity contribution >= 4 is 46.5 Å². The molecule has 32 heavy (non-hydrogen) atoms. The fourth-order valence-electron chi connectivity index (χ4n) is 4.51. The molecule has 0 saturated heterocycles. The molecule has 0 aromatic heterocycles. The number of halogens is 3. The number of hydrogen-bond acceptors (Lipinski definition) is 5. The largest absolute Gasteiger partial charge is 0.461 e. The van der Waals surface area contributed by atoms with Crippen LogP contribution in [0.1, 0.15) is 44.7 Å². The van der Waals surface area contributed by atoms with Gasteiger partial charge in [-0.15, -0.1) is 0 Å². The van der Waals surface area contributed by atoms with E-state index in [1.54, 1.807) is 36.2 Å². The van der Waals surface area contributed by atoms with Crippen molar-refractivity contribution < 1.29 is 18.7 Å². The first-order valence-corrected chi connectivity index (χ1v) is 10.9. The predicted molar refractivity (Wildman–Crippen MR) is 122 cm³/mol. The van der Waals surface area contributed by atoms with E-state index in [0.717, 1.165) is 0 Å². The number of ether oxygens (including phenoxy) is 1. The number of benzene rings is 2. The number of amides is 1. The van der Waals surface area contributed by atoms with Gasteiger partial charge in [0.1, 0.15) is 5.82 Å². The summed E-state index contributed by atoms with van der Waals surface area (Å²) in [4.78, 5) is 26.8. The molecular formula is C23H22Cl2FN3O3. The van der Waals surface area contributed by atoms with Crippen molar-refractivity contribution in [2.24, 2.45) is 5.10 Å². The van der Waals surface area contributed by atoms with Crippen LogP contribution in [0.25, 0.3) is 0 Å². The minimum absolute atomic E-state index is 0.0686. The molecule has 2 heterocycles. The first kappa shape index (κ1) is 22.6. The zero-order valence-electron chi connectivity index (χ0n) is 18.0. The molecule has 2 aromatic rings. The zero-order valence-corrected chi connectivity index (χ0v) is 19.5. The summed E-state index contributed by atoms with van der Waals surface area (Å²) in [6, 6.07) is 9.47. The Morgan fingerprint density at radius 2 is 2.00 bits per heavy atom. The number of rotatable bonds is 3. The van der Waals surface area contributed by atoms with Crippen LogP contribution in [0.2, 0.25) is 10.0 Å². The summed E-state index contributed by atoms with van der Waals surface area (Å²) >= 11 is 12.3. The Labute approximate surface area is 195 Å². The Morgan fingerprint density at radius 1 is 1.28 bits per heavy atom. The van der Waals surface area contributed by atoms with Crippen LogP contribution in [0, 0.1) is 5.82 Å². The lowest BCUT2D eigenvalue weighted by atomic mass is 9.72. The average molecular weight is 478 g/mol. The number of carbonyl (C=O) groups is 2. The number of esters is 1. The van der Waals surface area contributed by atoms with Crippen molar-refractivity contribution in [3.8, 4) is 0 Å². The van der Waals surface area contributed by atoms with E-state index in [0.29, 0.717) is 16.3 Å². The van der Waals surface area contributed by atoms with E-state index in [9.17, 15) is 9.59 Å². The second-order valence-electron chi connectivity index (χ2n) is 8.67. The van der Waals surface area contributed by atoms with Crippen LogP contribution in [-0.4, -0.2) is 34.7 Å². The van der Waals surface area contributed by atoms with Crippen LogP contribution in [0.3, 0.4) is 0 Å². The summed E-state index contributed by atoms with van der Waals surface area (Å²) in [6.07, 6.45) is 0. The van der Waals surface area contributed by atoms with Crippen molar-refractivity contribution in [3.63, 3.8) is 0 Å². The number of nitrogens with one attached hydrogen (secondary N) is 1. The summed E-state index contributed by atoms with van der Waals surface area (Å²) in [5.41, 5.74) is -1.25. The topological polar surface area (TPSA) is 71.0 Å². The van der Waals surface area contributed by atoms with E-state index in [4.69, 9.17) is 27.9 Å². The molecule has 4 rings (SSSR count). The molecule has 0 radical (unpaired) electrons. The van der Waals surface area contributed by atoms with E-state index in [1.807, 2.05) is 20.8 Å². The van der Waals surface area contributed by atoms with Crippen LogP contribution in [0.5, 0.6) is 0 Å². The molecule has 2 aliphatic heterocycles. The molecule has 6 nitrogen and oxygen atoms in total. The third-order valence-electron chi connectivity index (χ3n) is 5.63. The van der Waals surface area contributed by atoms with Gasteiger partial charge in [0.2, 0.25) is 0 Å². The molecule has 2 aromatic carbocycles. The first-order chi connectivity index (χ1) is 15.0. The number of hydrogen-bond donors (Lipinski definition) is 1. The Hall–Kier alpha value is -2.64. The highest BCUT2D eigenvalue weighted by molar-refractivity contribution is 6.41. The van der Waals surface area contributed by atoms with Gasteiger partial charge in [0, 0.05) is 21.8 Å². The number of anilines is 1. The Balaban J connectivity index is 2.09. The summed E-state index contributed by atoms with van der Waals surface area (Å²) in [6.45, 7) is 7.35. The second-order valence-corrected chi connectivity index (χ2v) is 9.52. The highest BCUT2D eigenvalue weighted by atomic mass is 35.5. The molecular weight excluding hydrogens is 456 g/mol. The molecule has 0 fully saturated rings. The maximum absolute atomic E-state index is 15.4. The van der Waals surface area contributed by atoms with E-state index in [-0.39, 0.29) is 22.9 Å². The summed E-state index contributed by atoms with van der Waals surface area (Å²) < 4.78 is 20.6. The third-order valence-corrected chi connectivity index (χ3v) is 6.16. The maximum Gasteiger partial charge on any atom is 0.355 e. The van der Waals surface area contributed by atoms with Gasteiger partial charge in [0.15, 0.2) is 11.3 Å². The molecule has 1 amide bonds. The van der Waals surface area contributed by atoms with Gasteiger partial charge in [-0.2, -0.15) is 5.10 Å². The Kier molecular flexibility index (Phi) is 5.46. The molecule has 9 heteroatoms. The smallest absolute Gasteiger partial charge is 0.355 e. The van der Waals surface area contributed by atoms with Crippen molar-refractivity contribution in [1.82, 2.24) is 5.01 Å². The van der Waals surface area contributed by atoms with Crippen LogP contribution in [-0.2, 0) is 19.9 Å². The van der Waals surface area contributed by atoms with Gasteiger partial charge in [-0.1, -0.05) is 41.4 Å². The van der Waals surface area contributed by atoms with E-state index < -0.39 is 34.7 Å². The Bertz CT molecular complexity index is 1160. The molecule has 1 spiro atoms. The fourth-order valence-corrected chi connectivity index (χ4v) is 4.87. The lowest BCUT2D eigenvalue weighted by molar-refractivity contribution is -0.135. The highest BCUT2D eigenvalue weighted by Gasteiger charge is 2.66. The van der Waals surface area contributed by atoms with Crippen LogP contribution >= 0.6 is 23.2 Å². The molecule has 0 saturated carbocycles. The second kappa shape index (κ2) is 7.74. The number of fused-ring (bicyclic) bond motifs is 2. The molecule has 0 aliphatic carbocycles. The van der Waals surface area contributed by atoms with Crippen LogP contribution in [0.15, 0.2) is 41.5 Å². The number of hydrazone groups is 1. The minimum atomic E-state index is -1.55. The maximum atomic E-state index is 15.4. The SMILES string of the molecule is CCOC(=O)C1=NN(C(C)(C)C)C2(C(=O)Nc3cc(Cl)ccc32)C1c1cccc(Cl)c1F. The summed E-state index contributed by atoms with van der Waals surface area (Å²) in [5.74, 6) is -3.00. The van der Waals surface area contributed by atoms with Crippen LogP contribution in [0.4, 0.5) is 10.1 Å². The van der Waals surface area contributed by atoms with Gasteiger partial charge < -0.3 is 10.1 Å². The molecule has 2 aliphatic rings. The van der Waals surface area contributed by atoms with Crippen molar-refractivity contribution in [2.75, 3.05) is 11.9 Å². The quantitative estimate of drug-likeness (QED) is 0.624. The van der Waals surface area contributed by atoms with Crippen molar-refractivity contribution in [2.45, 2.75) is 44.7 Å². The van der Waals surface area contributed by atoms with E-state index >= 15 is 4.39 Å². The lowest BCUT2D eigenvalue weighted by Gasteiger charge is -2.44. The molecule has 168 valence electrons. The minimum Gasteiger partial charge on any atom is -0.461 e. The Morgan fingerprint density at radius 3 is 2.66 bits per heavy atom.